The van der Waals surface area contributed by atoms with E-state index in [1.165, 1.54) is 10.9 Å². The van der Waals surface area contributed by atoms with Gasteiger partial charge >= 0.3 is 0 Å². The Labute approximate surface area is 95.5 Å². The van der Waals surface area contributed by atoms with Crippen molar-refractivity contribution in [3.05, 3.63) is 45.7 Å². The molecule has 1 aromatic carbocycles. The van der Waals surface area contributed by atoms with Crippen LogP contribution in [0.5, 0.6) is 0 Å². The van der Waals surface area contributed by atoms with Crippen LogP contribution in [0.4, 0.5) is 0 Å². The van der Waals surface area contributed by atoms with Crippen LogP contribution in [-0.2, 0) is 6.54 Å². The van der Waals surface area contributed by atoms with E-state index in [0.29, 0.717) is 0 Å². The van der Waals surface area contributed by atoms with Crippen LogP contribution in [0, 0.1) is 13.8 Å². The Morgan fingerprint density at radius 3 is 2.62 bits per heavy atom. The van der Waals surface area contributed by atoms with E-state index in [1.54, 1.807) is 6.07 Å². The fourth-order valence-corrected chi connectivity index (χ4v) is 2.23. The van der Waals surface area contributed by atoms with E-state index in [0.717, 1.165) is 24.0 Å². The standard InChI is InChI=1S/C14H17NO/c1-4-8-15-13(16)9-11(3)12-7-5-6-10(2)14(12)15/h5-7,9H,4,8H2,1-3H3. The highest BCUT2D eigenvalue weighted by atomic mass is 16.1. The van der Waals surface area contributed by atoms with Gasteiger partial charge in [0.25, 0.3) is 5.56 Å². The van der Waals surface area contributed by atoms with Gasteiger partial charge in [0.15, 0.2) is 0 Å². The summed E-state index contributed by atoms with van der Waals surface area (Å²) < 4.78 is 1.89. The third-order valence-corrected chi connectivity index (χ3v) is 2.99. The first-order chi connectivity index (χ1) is 7.65. The lowest BCUT2D eigenvalue weighted by atomic mass is 10.1. The number of hydrogen-bond acceptors (Lipinski definition) is 1. The Morgan fingerprint density at radius 1 is 1.19 bits per heavy atom. The van der Waals surface area contributed by atoms with E-state index >= 15 is 0 Å². The van der Waals surface area contributed by atoms with Crippen molar-refractivity contribution in [3.63, 3.8) is 0 Å². The minimum absolute atomic E-state index is 0.112. The van der Waals surface area contributed by atoms with Crippen LogP contribution in [0.15, 0.2) is 29.1 Å². The maximum Gasteiger partial charge on any atom is 0.251 e. The molecular formula is C14H17NO. The molecule has 0 unspecified atom stereocenters. The molecule has 0 aliphatic carbocycles. The smallest absolute Gasteiger partial charge is 0.251 e. The highest BCUT2D eigenvalue weighted by Gasteiger charge is 2.07. The zero-order chi connectivity index (χ0) is 11.7. The zero-order valence-electron chi connectivity index (χ0n) is 10.1. The predicted octanol–water partition coefficient (Wildman–Crippen LogP) is 3.03. The molecule has 2 heteroatoms. The van der Waals surface area contributed by atoms with Gasteiger partial charge in [0.1, 0.15) is 0 Å². The van der Waals surface area contributed by atoms with Crippen LogP contribution in [0.25, 0.3) is 10.9 Å². The first kappa shape index (κ1) is 10.9. The lowest BCUT2D eigenvalue weighted by Crippen LogP contribution is -2.20. The first-order valence-corrected chi connectivity index (χ1v) is 5.75. The lowest BCUT2D eigenvalue weighted by Gasteiger charge is -2.13. The summed E-state index contributed by atoms with van der Waals surface area (Å²) in [5, 5.41) is 1.19. The van der Waals surface area contributed by atoms with Crippen molar-refractivity contribution in [3.8, 4) is 0 Å². The molecule has 0 atom stereocenters. The number of hydrogen-bond donors (Lipinski definition) is 0. The Balaban J connectivity index is 2.92. The van der Waals surface area contributed by atoms with Crippen molar-refractivity contribution < 1.29 is 0 Å². The summed E-state index contributed by atoms with van der Waals surface area (Å²) >= 11 is 0. The Kier molecular flexibility index (Phi) is 2.82. The van der Waals surface area contributed by atoms with Crippen LogP contribution in [0.1, 0.15) is 24.5 Å². The highest BCUT2D eigenvalue weighted by molar-refractivity contribution is 5.85. The maximum atomic E-state index is 12.0. The lowest BCUT2D eigenvalue weighted by molar-refractivity contribution is 0.676. The van der Waals surface area contributed by atoms with Crippen LogP contribution >= 0.6 is 0 Å². The molecule has 0 radical (unpaired) electrons. The molecule has 1 aromatic heterocycles. The third kappa shape index (κ3) is 1.64. The van der Waals surface area contributed by atoms with Crippen molar-refractivity contribution in [1.29, 1.82) is 0 Å². The number of para-hydroxylation sites is 1. The quantitative estimate of drug-likeness (QED) is 0.754. The monoisotopic (exact) mass is 215 g/mol. The zero-order valence-corrected chi connectivity index (χ0v) is 10.1. The number of aryl methyl sites for hydroxylation is 3. The molecule has 1 heterocycles. The van der Waals surface area contributed by atoms with Gasteiger partial charge in [-0.15, -0.1) is 0 Å². The Bertz CT molecular complexity index is 581. The molecule has 0 amide bonds. The molecular weight excluding hydrogens is 198 g/mol. The molecule has 0 bridgehead atoms. The second-order valence-electron chi connectivity index (χ2n) is 4.29. The van der Waals surface area contributed by atoms with Gasteiger partial charge in [0.05, 0.1) is 5.52 Å². The number of benzene rings is 1. The third-order valence-electron chi connectivity index (χ3n) is 2.99. The molecule has 2 nitrogen and oxygen atoms in total. The topological polar surface area (TPSA) is 22.0 Å². The number of pyridine rings is 1. The largest absolute Gasteiger partial charge is 0.308 e. The minimum Gasteiger partial charge on any atom is -0.308 e. The summed E-state index contributed by atoms with van der Waals surface area (Å²) in [6, 6.07) is 7.93. The number of aromatic nitrogens is 1. The van der Waals surface area contributed by atoms with Crippen molar-refractivity contribution in [2.24, 2.45) is 0 Å². The van der Waals surface area contributed by atoms with E-state index in [9.17, 15) is 4.79 Å². The highest BCUT2D eigenvalue weighted by Crippen LogP contribution is 2.19. The van der Waals surface area contributed by atoms with Crippen LogP contribution in [0.3, 0.4) is 0 Å². The van der Waals surface area contributed by atoms with Crippen molar-refractivity contribution in [2.75, 3.05) is 0 Å². The predicted molar refractivity (Wildman–Crippen MR) is 68.0 cm³/mol. The molecule has 0 aliphatic heterocycles. The SMILES string of the molecule is CCCn1c(=O)cc(C)c2cccc(C)c21. The first-order valence-electron chi connectivity index (χ1n) is 5.75. The van der Waals surface area contributed by atoms with Crippen LogP contribution < -0.4 is 5.56 Å². The summed E-state index contributed by atoms with van der Waals surface area (Å²) in [5.74, 6) is 0. The summed E-state index contributed by atoms with van der Waals surface area (Å²) in [4.78, 5) is 12.0. The fourth-order valence-electron chi connectivity index (χ4n) is 2.23. The van der Waals surface area contributed by atoms with Crippen LogP contribution in [0.2, 0.25) is 0 Å². The average molecular weight is 215 g/mol. The normalized spacial score (nSPS) is 10.9. The van der Waals surface area contributed by atoms with Gasteiger partial charge < -0.3 is 4.57 Å². The molecule has 0 aliphatic rings. The van der Waals surface area contributed by atoms with Crippen LogP contribution in [-0.4, -0.2) is 4.57 Å². The molecule has 0 saturated carbocycles. The minimum atomic E-state index is 0.112. The average Bonchev–Trinajstić information content (AvgIpc) is 2.24. The Morgan fingerprint density at radius 2 is 1.94 bits per heavy atom. The Hall–Kier alpha value is -1.57. The molecule has 84 valence electrons. The second kappa shape index (κ2) is 4.12. The summed E-state index contributed by atoms with van der Waals surface area (Å²) in [6.45, 7) is 6.95. The summed E-state index contributed by atoms with van der Waals surface area (Å²) in [6.07, 6.45) is 0.979. The van der Waals surface area contributed by atoms with E-state index in [4.69, 9.17) is 0 Å². The van der Waals surface area contributed by atoms with Crippen molar-refractivity contribution in [1.82, 2.24) is 4.57 Å². The number of fused-ring (bicyclic) bond motifs is 1. The number of rotatable bonds is 2. The summed E-state index contributed by atoms with van der Waals surface area (Å²) in [5.41, 5.74) is 3.44. The fraction of sp³-hybridized carbons (Fsp3) is 0.357. The van der Waals surface area contributed by atoms with Gasteiger partial charge in [0, 0.05) is 18.0 Å². The maximum absolute atomic E-state index is 12.0. The molecule has 2 aromatic rings. The van der Waals surface area contributed by atoms with Gasteiger partial charge in [-0.05, 0) is 31.4 Å². The molecule has 0 N–H and O–H groups in total. The molecule has 0 fully saturated rings. The molecule has 0 saturated heterocycles. The van der Waals surface area contributed by atoms with E-state index in [1.807, 2.05) is 17.6 Å². The molecule has 16 heavy (non-hydrogen) atoms. The van der Waals surface area contributed by atoms with Gasteiger partial charge in [-0.3, -0.25) is 4.79 Å². The van der Waals surface area contributed by atoms with E-state index in [-0.39, 0.29) is 5.56 Å². The molecule has 2 rings (SSSR count). The molecule has 0 spiro atoms. The number of nitrogens with zero attached hydrogens (tertiary/aromatic N) is 1. The van der Waals surface area contributed by atoms with E-state index in [2.05, 4.69) is 26.0 Å². The van der Waals surface area contributed by atoms with Crippen molar-refractivity contribution >= 4 is 10.9 Å². The van der Waals surface area contributed by atoms with Gasteiger partial charge in [-0.25, -0.2) is 0 Å². The summed E-state index contributed by atoms with van der Waals surface area (Å²) in [7, 11) is 0. The van der Waals surface area contributed by atoms with Gasteiger partial charge in [-0.1, -0.05) is 25.1 Å². The second-order valence-corrected chi connectivity index (χ2v) is 4.29. The van der Waals surface area contributed by atoms with Crippen molar-refractivity contribution in [2.45, 2.75) is 33.7 Å². The van der Waals surface area contributed by atoms with Gasteiger partial charge in [-0.2, -0.15) is 0 Å². The van der Waals surface area contributed by atoms with E-state index < -0.39 is 0 Å². The van der Waals surface area contributed by atoms with Gasteiger partial charge in [0.2, 0.25) is 0 Å².